The SMILES string of the molecule is CC1=CC=CC=C(c2cccc3c2oc2ccccc23)C1. The van der Waals surface area contributed by atoms with Crippen LogP contribution in [0.25, 0.3) is 27.5 Å². The van der Waals surface area contributed by atoms with Gasteiger partial charge in [0.05, 0.1) is 0 Å². The fourth-order valence-corrected chi connectivity index (χ4v) is 2.99. The Labute approximate surface area is 123 Å². The predicted octanol–water partition coefficient (Wildman–Crippen LogP) is 5.88. The van der Waals surface area contributed by atoms with Gasteiger partial charge in [0.1, 0.15) is 11.2 Å². The maximum Gasteiger partial charge on any atom is 0.142 e. The number of hydrogen-bond acceptors (Lipinski definition) is 1. The molecule has 0 atom stereocenters. The van der Waals surface area contributed by atoms with Crippen molar-refractivity contribution >= 4 is 27.5 Å². The van der Waals surface area contributed by atoms with Crippen LogP contribution in [-0.4, -0.2) is 0 Å². The highest BCUT2D eigenvalue weighted by molar-refractivity contribution is 6.08. The van der Waals surface area contributed by atoms with Crippen molar-refractivity contribution in [1.82, 2.24) is 0 Å². The summed E-state index contributed by atoms with van der Waals surface area (Å²) in [4.78, 5) is 0. The van der Waals surface area contributed by atoms with Crippen molar-refractivity contribution in [2.75, 3.05) is 0 Å². The summed E-state index contributed by atoms with van der Waals surface area (Å²) in [6.45, 7) is 2.17. The van der Waals surface area contributed by atoms with E-state index < -0.39 is 0 Å². The molecule has 0 N–H and O–H groups in total. The number of hydrogen-bond donors (Lipinski definition) is 0. The average molecular weight is 272 g/mol. The molecule has 3 aromatic rings. The Balaban J connectivity index is 1.99. The molecule has 1 heteroatoms. The van der Waals surface area contributed by atoms with Gasteiger partial charge in [-0.15, -0.1) is 0 Å². The largest absolute Gasteiger partial charge is 0.455 e. The molecule has 0 amide bonds. The zero-order valence-corrected chi connectivity index (χ0v) is 12.0. The van der Waals surface area contributed by atoms with Crippen LogP contribution in [0.2, 0.25) is 0 Å². The quantitative estimate of drug-likeness (QED) is 0.539. The highest BCUT2D eigenvalue weighted by Gasteiger charge is 2.13. The van der Waals surface area contributed by atoms with E-state index in [1.165, 1.54) is 27.5 Å². The van der Waals surface area contributed by atoms with Gasteiger partial charge in [-0.05, 0) is 25.0 Å². The molecule has 1 aromatic heterocycles. The van der Waals surface area contributed by atoms with Crippen molar-refractivity contribution in [3.05, 3.63) is 77.9 Å². The van der Waals surface area contributed by atoms with Gasteiger partial charge in [0, 0.05) is 16.3 Å². The van der Waals surface area contributed by atoms with Crippen LogP contribution in [0.4, 0.5) is 0 Å². The van der Waals surface area contributed by atoms with E-state index in [9.17, 15) is 0 Å². The molecule has 0 bridgehead atoms. The van der Waals surface area contributed by atoms with E-state index in [-0.39, 0.29) is 0 Å². The summed E-state index contributed by atoms with van der Waals surface area (Å²) in [7, 11) is 0. The van der Waals surface area contributed by atoms with Gasteiger partial charge in [0.15, 0.2) is 0 Å². The minimum absolute atomic E-state index is 0.956. The van der Waals surface area contributed by atoms with E-state index >= 15 is 0 Å². The Morgan fingerprint density at radius 3 is 2.62 bits per heavy atom. The van der Waals surface area contributed by atoms with Crippen LogP contribution in [0.15, 0.2) is 76.8 Å². The van der Waals surface area contributed by atoms with Gasteiger partial charge in [-0.1, -0.05) is 66.3 Å². The van der Waals surface area contributed by atoms with Gasteiger partial charge >= 0.3 is 0 Å². The van der Waals surface area contributed by atoms with Crippen molar-refractivity contribution in [1.29, 1.82) is 0 Å². The smallest absolute Gasteiger partial charge is 0.142 e. The molecule has 1 nitrogen and oxygen atoms in total. The lowest BCUT2D eigenvalue weighted by Crippen LogP contribution is -1.86. The summed E-state index contributed by atoms with van der Waals surface area (Å²) in [5.41, 5.74) is 5.82. The number of para-hydroxylation sites is 2. The zero-order valence-electron chi connectivity index (χ0n) is 12.0. The second-order valence-electron chi connectivity index (χ2n) is 5.55. The van der Waals surface area contributed by atoms with Crippen LogP contribution in [0, 0.1) is 0 Å². The Kier molecular flexibility index (Phi) is 2.78. The van der Waals surface area contributed by atoms with Gasteiger partial charge < -0.3 is 4.42 Å². The first-order valence-corrected chi connectivity index (χ1v) is 7.26. The molecule has 0 saturated carbocycles. The molecule has 0 radical (unpaired) electrons. The summed E-state index contributed by atoms with van der Waals surface area (Å²) in [5.74, 6) is 0. The van der Waals surface area contributed by atoms with Gasteiger partial charge in [-0.3, -0.25) is 0 Å². The van der Waals surface area contributed by atoms with E-state index in [0.717, 1.165) is 17.6 Å². The molecular weight excluding hydrogens is 256 g/mol. The van der Waals surface area contributed by atoms with E-state index in [1.807, 2.05) is 12.1 Å². The summed E-state index contributed by atoms with van der Waals surface area (Å²) in [6, 6.07) is 14.6. The fraction of sp³-hybridized carbons (Fsp3) is 0.100. The number of fused-ring (bicyclic) bond motifs is 3. The van der Waals surface area contributed by atoms with E-state index in [0.29, 0.717) is 0 Å². The highest BCUT2D eigenvalue weighted by atomic mass is 16.3. The normalized spacial score (nSPS) is 15.1. The lowest BCUT2D eigenvalue weighted by atomic mass is 9.97. The first-order chi connectivity index (χ1) is 10.3. The maximum absolute atomic E-state index is 6.13. The van der Waals surface area contributed by atoms with Crippen molar-refractivity contribution in [3.8, 4) is 0 Å². The van der Waals surface area contributed by atoms with Crippen LogP contribution >= 0.6 is 0 Å². The van der Waals surface area contributed by atoms with E-state index in [4.69, 9.17) is 4.42 Å². The first-order valence-electron chi connectivity index (χ1n) is 7.26. The molecule has 0 spiro atoms. The van der Waals surface area contributed by atoms with Gasteiger partial charge in [-0.25, -0.2) is 0 Å². The van der Waals surface area contributed by atoms with Gasteiger partial charge in [0.2, 0.25) is 0 Å². The van der Waals surface area contributed by atoms with Crippen LogP contribution in [0.5, 0.6) is 0 Å². The molecule has 102 valence electrons. The number of rotatable bonds is 1. The molecule has 1 aliphatic rings. The molecule has 2 aromatic carbocycles. The number of furan rings is 1. The minimum Gasteiger partial charge on any atom is -0.455 e. The van der Waals surface area contributed by atoms with Crippen molar-refractivity contribution < 1.29 is 4.42 Å². The molecule has 0 aliphatic heterocycles. The standard InChI is InChI=1S/C20H16O/c1-14-7-2-3-8-15(13-14)16-10-6-11-18-17-9-4-5-12-19(17)21-20(16)18/h2-12H,13H2,1H3. The summed E-state index contributed by atoms with van der Waals surface area (Å²) in [6.07, 6.45) is 9.52. The Morgan fingerprint density at radius 2 is 1.67 bits per heavy atom. The van der Waals surface area contributed by atoms with Crippen molar-refractivity contribution in [2.45, 2.75) is 13.3 Å². The van der Waals surface area contributed by atoms with Crippen LogP contribution in [-0.2, 0) is 0 Å². The first kappa shape index (κ1) is 12.2. The monoisotopic (exact) mass is 272 g/mol. The molecule has 0 saturated heterocycles. The molecule has 1 heterocycles. The topological polar surface area (TPSA) is 13.1 Å². The molecule has 0 unspecified atom stereocenters. The third kappa shape index (κ3) is 2.02. The third-order valence-corrected chi connectivity index (χ3v) is 4.01. The predicted molar refractivity (Wildman–Crippen MR) is 89.2 cm³/mol. The fourth-order valence-electron chi connectivity index (χ4n) is 2.99. The number of benzene rings is 2. The molecule has 21 heavy (non-hydrogen) atoms. The summed E-state index contributed by atoms with van der Waals surface area (Å²) >= 11 is 0. The maximum atomic E-state index is 6.13. The van der Waals surface area contributed by atoms with Crippen LogP contribution in [0.3, 0.4) is 0 Å². The zero-order chi connectivity index (χ0) is 14.2. The van der Waals surface area contributed by atoms with Gasteiger partial charge in [-0.2, -0.15) is 0 Å². The molecule has 4 rings (SSSR count). The summed E-state index contributed by atoms with van der Waals surface area (Å²) in [5, 5.41) is 2.38. The van der Waals surface area contributed by atoms with E-state index in [2.05, 4.69) is 61.6 Å². The molecule has 0 fully saturated rings. The average Bonchev–Trinajstić information content (AvgIpc) is 2.75. The second-order valence-corrected chi connectivity index (χ2v) is 5.55. The second kappa shape index (κ2) is 4.78. The Bertz CT molecular complexity index is 919. The van der Waals surface area contributed by atoms with Crippen LogP contribution < -0.4 is 0 Å². The third-order valence-electron chi connectivity index (χ3n) is 4.01. The highest BCUT2D eigenvalue weighted by Crippen LogP contribution is 2.35. The lowest BCUT2D eigenvalue weighted by Gasteiger charge is -2.07. The van der Waals surface area contributed by atoms with E-state index in [1.54, 1.807) is 0 Å². The van der Waals surface area contributed by atoms with Crippen molar-refractivity contribution in [2.24, 2.45) is 0 Å². The van der Waals surface area contributed by atoms with Crippen LogP contribution in [0.1, 0.15) is 18.9 Å². The van der Waals surface area contributed by atoms with Crippen molar-refractivity contribution in [3.63, 3.8) is 0 Å². The minimum atomic E-state index is 0.956. The lowest BCUT2D eigenvalue weighted by molar-refractivity contribution is 0.667. The molecule has 1 aliphatic carbocycles. The Morgan fingerprint density at radius 1 is 0.857 bits per heavy atom. The number of allylic oxidation sites excluding steroid dienone is 6. The molecular formula is C20H16O. The van der Waals surface area contributed by atoms with Gasteiger partial charge in [0.25, 0.3) is 0 Å². The summed E-state index contributed by atoms with van der Waals surface area (Å²) < 4.78 is 6.13. The Hall–Kier alpha value is -2.54.